The maximum atomic E-state index is 12.3. The van der Waals surface area contributed by atoms with E-state index >= 15 is 0 Å². The molecule has 0 aromatic rings. The van der Waals surface area contributed by atoms with Gasteiger partial charge in [0.15, 0.2) is 0 Å². The van der Waals surface area contributed by atoms with Crippen molar-refractivity contribution in [1.82, 2.24) is 4.90 Å². The van der Waals surface area contributed by atoms with E-state index in [9.17, 15) is 4.79 Å². The van der Waals surface area contributed by atoms with E-state index in [4.69, 9.17) is 5.73 Å². The second-order valence-electron chi connectivity index (χ2n) is 4.97. The van der Waals surface area contributed by atoms with Gasteiger partial charge in [0.05, 0.1) is 5.92 Å². The van der Waals surface area contributed by atoms with E-state index in [0.717, 1.165) is 32.1 Å². The van der Waals surface area contributed by atoms with Gasteiger partial charge >= 0.3 is 0 Å². The molecule has 1 amide bonds. The first kappa shape index (κ1) is 13.5. The summed E-state index contributed by atoms with van der Waals surface area (Å²) in [5.74, 6) is 0.334. The van der Waals surface area contributed by atoms with Crippen molar-refractivity contribution in [2.24, 2.45) is 11.7 Å². The summed E-state index contributed by atoms with van der Waals surface area (Å²) in [7, 11) is 1.93. The van der Waals surface area contributed by atoms with Crippen LogP contribution < -0.4 is 5.73 Å². The van der Waals surface area contributed by atoms with Crippen LogP contribution in [0.25, 0.3) is 0 Å². The van der Waals surface area contributed by atoms with Gasteiger partial charge in [-0.25, -0.2) is 0 Å². The van der Waals surface area contributed by atoms with Crippen LogP contribution in [-0.4, -0.2) is 29.9 Å². The molecule has 0 heterocycles. The van der Waals surface area contributed by atoms with Crippen LogP contribution in [0.1, 0.15) is 52.4 Å². The maximum Gasteiger partial charge on any atom is 0.227 e. The van der Waals surface area contributed by atoms with Crippen LogP contribution in [0.4, 0.5) is 0 Å². The fourth-order valence-corrected chi connectivity index (χ4v) is 2.74. The summed E-state index contributed by atoms with van der Waals surface area (Å²) in [6.07, 6.45) is 6.37. The van der Waals surface area contributed by atoms with Crippen molar-refractivity contribution in [3.8, 4) is 0 Å². The highest BCUT2D eigenvalue weighted by atomic mass is 16.2. The molecule has 3 heteroatoms. The molecule has 0 aromatic carbocycles. The van der Waals surface area contributed by atoms with Crippen molar-refractivity contribution < 1.29 is 4.79 Å². The Labute approximate surface area is 99.4 Å². The van der Waals surface area contributed by atoms with Crippen LogP contribution >= 0.6 is 0 Å². The summed E-state index contributed by atoms with van der Waals surface area (Å²) in [5.41, 5.74) is 6.05. The fraction of sp³-hybridized carbons (Fsp3) is 0.923. The van der Waals surface area contributed by atoms with E-state index < -0.39 is 0 Å². The van der Waals surface area contributed by atoms with Crippen molar-refractivity contribution in [2.75, 3.05) is 7.05 Å². The average molecular weight is 226 g/mol. The van der Waals surface area contributed by atoms with E-state index in [-0.39, 0.29) is 17.9 Å². The van der Waals surface area contributed by atoms with E-state index in [1.54, 1.807) is 0 Å². The molecule has 1 saturated carbocycles. The van der Waals surface area contributed by atoms with Gasteiger partial charge in [0, 0.05) is 19.1 Å². The molecular formula is C13H26N2O. The maximum absolute atomic E-state index is 12.3. The molecule has 1 aliphatic rings. The van der Waals surface area contributed by atoms with Gasteiger partial charge in [-0.1, -0.05) is 26.7 Å². The largest absolute Gasteiger partial charge is 0.343 e. The van der Waals surface area contributed by atoms with Gasteiger partial charge in [0.25, 0.3) is 0 Å². The first-order valence-electron chi connectivity index (χ1n) is 6.64. The van der Waals surface area contributed by atoms with Gasteiger partial charge in [-0.2, -0.15) is 0 Å². The Hall–Kier alpha value is -0.570. The Morgan fingerprint density at radius 1 is 1.31 bits per heavy atom. The fourth-order valence-electron chi connectivity index (χ4n) is 2.74. The topological polar surface area (TPSA) is 46.3 Å². The van der Waals surface area contributed by atoms with Gasteiger partial charge in [-0.15, -0.1) is 0 Å². The highest BCUT2D eigenvalue weighted by Gasteiger charge is 2.31. The lowest BCUT2D eigenvalue weighted by atomic mass is 9.84. The van der Waals surface area contributed by atoms with Crippen molar-refractivity contribution >= 4 is 5.91 Å². The second kappa shape index (κ2) is 6.24. The van der Waals surface area contributed by atoms with E-state index in [0.29, 0.717) is 6.04 Å². The minimum absolute atomic E-state index is 0.0688. The Morgan fingerprint density at radius 2 is 1.88 bits per heavy atom. The Balaban J connectivity index is 2.61. The third-order valence-corrected chi connectivity index (χ3v) is 3.97. The van der Waals surface area contributed by atoms with E-state index in [1.807, 2.05) is 11.9 Å². The molecule has 0 aliphatic heterocycles. The number of amides is 1. The number of hydrogen-bond acceptors (Lipinski definition) is 2. The SMILES string of the molecule is CCC(CC)N(C)C(=O)C1CCCCC1N. The zero-order valence-electron chi connectivity index (χ0n) is 10.9. The summed E-state index contributed by atoms with van der Waals surface area (Å²) in [6, 6.07) is 0.458. The number of hydrogen-bond donors (Lipinski definition) is 1. The standard InChI is InChI=1S/C13H26N2O/c1-4-10(5-2)15(3)13(16)11-8-6-7-9-12(11)14/h10-12H,4-9,14H2,1-3H3. The summed E-state index contributed by atoms with van der Waals surface area (Å²) in [6.45, 7) is 4.28. The van der Waals surface area contributed by atoms with Crippen LogP contribution in [-0.2, 0) is 4.79 Å². The molecule has 0 bridgehead atoms. The molecule has 2 N–H and O–H groups in total. The quantitative estimate of drug-likeness (QED) is 0.798. The van der Waals surface area contributed by atoms with Crippen LogP contribution in [0, 0.1) is 5.92 Å². The summed E-state index contributed by atoms with van der Waals surface area (Å²) >= 11 is 0. The predicted molar refractivity (Wildman–Crippen MR) is 67.1 cm³/mol. The first-order chi connectivity index (χ1) is 7.61. The monoisotopic (exact) mass is 226 g/mol. The minimum atomic E-state index is 0.0688. The van der Waals surface area contributed by atoms with Crippen LogP contribution in [0.5, 0.6) is 0 Å². The van der Waals surface area contributed by atoms with Crippen molar-refractivity contribution in [1.29, 1.82) is 0 Å². The molecule has 2 unspecified atom stereocenters. The molecule has 1 aliphatic carbocycles. The Morgan fingerprint density at radius 3 is 2.38 bits per heavy atom. The van der Waals surface area contributed by atoms with Crippen molar-refractivity contribution in [3.05, 3.63) is 0 Å². The normalized spacial score (nSPS) is 25.8. The van der Waals surface area contributed by atoms with Crippen molar-refractivity contribution in [3.63, 3.8) is 0 Å². The van der Waals surface area contributed by atoms with Crippen molar-refractivity contribution in [2.45, 2.75) is 64.5 Å². The Bertz CT molecular complexity index is 226. The molecular weight excluding hydrogens is 200 g/mol. The summed E-state index contributed by atoms with van der Waals surface area (Å²) in [4.78, 5) is 14.2. The molecule has 0 saturated heterocycles. The number of carbonyl (C=O) groups excluding carboxylic acids is 1. The molecule has 1 rings (SSSR count). The highest BCUT2D eigenvalue weighted by molar-refractivity contribution is 5.79. The lowest BCUT2D eigenvalue weighted by Crippen LogP contribution is -2.47. The molecule has 0 aromatic heterocycles. The Kier molecular flexibility index (Phi) is 5.26. The van der Waals surface area contributed by atoms with Crippen LogP contribution in [0.2, 0.25) is 0 Å². The minimum Gasteiger partial charge on any atom is -0.343 e. The van der Waals surface area contributed by atoms with Gasteiger partial charge in [0.2, 0.25) is 5.91 Å². The lowest BCUT2D eigenvalue weighted by Gasteiger charge is -2.34. The molecule has 3 nitrogen and oxygen atoms in total. The van der Waals surface area contributed by atoms with Crippen LogP contribution in [0.15, 0.2) is 0 Å². The number of rotatable bonds is 4. The average Bonchev–Trinajstić information content (AvgIpc) is 2.30. The van der Waals surface area contributed by atoms with E-state index in [2.05, 4.69) is 13.8 Å². The zero-order chi connectivity index (χ0) is 12.1. The number of nitrogens with zero attached hydrogens (tertiary/aromatic N) is 1. The molecule has 0 spiro atoms. The molecule has 16 heavy (non-hydrogen) atoms. The predicted octanol–water partition coefficient (Wildman–Crippen LogP) is 2.15. The number of carbonyl (C=O) groups is 1. The first-order valence-corrected chi connectivity index (χ1v) is 6.64. The summed E-state index contributed by atoms with van der Waals surface area (Å²) < 4.78 is 0. The van der Waals surface area contributed by atoms with Gasteiger partial charge in [-0.05, 0) is 25.7 Å². The smallest absolute Gasteiger partial charge is 0.227 e. The number of nitrogens with two attached hydrogens (primary N) is 1. The molecule has 94 valence electrons. The summed E-state index contributed by atoms with van der Waals surface area (Å²) in [5, 5.41) is 0. The lowest BCUT2D eigenvalue weighted by molar-refractivity contribution is -0.138. The van der Waals surface area contributed by atoms with Crippen LogP contribution in [0.3, 0.4) is 0 Å². The van der Waals surface area contributed by atoms with Gasteiger partial charge in [-0.3, -0.25) is 4.79 Å². The zero-order valence-corrected chi connectivity index (χ0v) is 10.9. The van der Waals surface area contributed by atoms with E-state index in [1.165, 1.54) is 6.42 Å². The molecule has 2 atom stereocenters. The molecule has 0 radical (unpaired) electrons. The van der Waals surface area contributed by atoms with Gasteiger partial charge < -0.3 is 10.6 Å². The van der Waals surface area contributed by atoms with Gasteiger partial charge in [0.1, 0.15) is 0 Å². The molecule has 1 fully saturated rings. The third-order valence-electron chi connectivity index (χ3n) is 3.97. The second-order valence-corrected chi connectivity index (χ2v) is 4.97. The third kappa shape index (κ3) is 2.97. The highest BCUT2D eigenvalue weighted by Crippen LogP contribution is 2.25.